The van der Waals surface area contributed by atoms with Crippen molar-refractivity contribution in [2.24, 2.45) is 0 Å². The highest BCUT2D eigenvalue weighted by atomic mass is 16.4. The van der Waals surface area contributed by atoms with Crippen LogP contribution < -0.4 is 5.32 Å². The van der Waals surface area contributed by atoms with Crippen molar-refractivity contribution in [1.29, 1.82) is 0 Å². The van der Waals surface area contributed by atoms with Crippen LogP contribution in [0.5, 0.6) is 5.75 Å². The van der Waals surface area contributed by atoms with Gasteiger partial charge in [-0.15, -0.1) is 0 Å². The molecule has 3 N–H and O–H groups in total. The van der Waals surface area contributed by atoms with E-state index in [0.29, 0.717) is 0 Å². The summed E-state index contributed by atoms with van der Waals surface area (Å²) in [5.41, 5.74) is 1.54. The van der Waals surface area contributed by atoms with Crippen LogP contribution in [0.3, 0.4) is 0 Å². The normalized spacial score (nSPS) is 14.3. The Kier molecular flexibility index (Phi) is 2.04. The third-order valence-electron chi connectivity index (χ3n) is 2.43. The average Bonchev–Trinajstić information content (AvgIpc) is 2.18. The summed E-state index contributed by atoms with van der Waals surface area (Å²) in [5, 5.41) is 21.6. The van der Waals surface area contributed by atoms with Gasteiger partial charge in [0.1, 0.15) is 11.3 Å². The molecule has 1 aromatic carbocycles. The highest BCUT2D eigenvalue weighted by Crippen LogP contribution is 2.32. The summed E-state index contributed by atoms with van der Waals surface area (Å²) in [6.45, 7) is 0.874. The Bertz CT molecular complexity index is 387. The van der Waals surface area contributed by atoms with E-state index < -0.39 is 5.97 Å². The summed E-state index contributed by atoms with van der Waals surface area (Å²) in [6.07, 6.45) is 1.65. The lowest BCUT2D eigenvalue weighted by Gasteiger charge is -2.19. The van der Waals surface area contributed by atoms with Crippen LogP contribution in [0.4, 0.5) is 5.69 Å². The van der Waals surface area contributed by atoms with Gasteiger partial charge in [0.15, 0.2) is 0 Å². The van der Waals surface area contributed by atoms with Gasteiger partial charge in [-0.2, -0.15) is 0 Å². The van der Waals surface area contributed by atoms with Crippen LogP contribution in [0, 0.1) is 0 Å². The van der Waals surface area contributed by atoms with Crippen molar-refractivity contribution < 1.29 is 15.0 Å². The highest BCUT2D eigenvalue weighted by molar-refractivity contribution is 5.92. The second-order valence-corrected chi connectivity index (χ2v) is 3.32. The molecular weight excluding hydrogens is 182 g/mol. The maximum atomic E-state index is 10.7. The van der Waals surface area contributed by atoms with Crippen LogP contribution >= 0.6 is 0 Å². The minimum Gasteiger partial charge on any atom is -0.507 e. The van der Waals surface area contributed by atoms with Crippen molar-refractivity contribution in [1.82, 2.24) is 0 Å². The molecule has 1 aliphatic heterocycles. The second-order valence-electron chi connectivity index (χ2n) is 3.32. The van der Waals surface area contributed by atoms with Crippen molar-refractivity contribution >= 4 is 11.7 Å². The molecule has 0 bridgehead atoms. The van der Waals surface area contributed by atoms with Crippen molar-refractivity contribution in [3.8, 4) is 5.75 Å². The maximum absolute atomic E-state index is 10.7. The van der Waals surface area contributed by atoms with Crippen LogP contribution in [0.2, 0.25) is 0 Å². The van der Waals surface area contributed by atoms with Gasteiger partial charge in [-0.3, -0.25) is 0 Å². The molecule has 1 aliphatic rings. The maximum Gasteiger partial charge on any atom is 0.339 e. The van der Waals surface area contributed by atoms with Gasteiger partial charge in [0, 0.05) is 17.8 Å². The minimum absolute atomic E-state index is 0.0209. The number of fused-ring (bicyclic) bond motifs is 1. The lowest BCUT2D eigenvalue weighted by Crippen LogP contribution is -2.13. The van der Waals surface area contributed by atoms with E-state index in [1.54, 1.807) is 6.07 Å². The molecule has 0 atom stereocenters. The number of hydrogen-bond donors (Lipinski definition) is 3. The zero-order chi connectivity index (χ0) is 10.1. The number of hydrogen-bond acceptors (Lipinski definition) is 3. The van der Waals surface area contributed by atoms with Crippen LogP contribution in [0.1, 0.15) is 22.3 Å². The number of carbonyl (C=O) groups is 1. The van der Waals surface area contributed by atoms with E-state index >= 15 is 0 Å². The molecule has 4 nitrogen and oxygen atoms in total. The molecule has 0 aromatic heterocycles. The first-order valence-corrected chi connectivity index (χ1v) is 4.52. The molecule has 1 heterocycles. The Morgan fingerprint density at radius 1 is 1.43 bits per heavy atom. The minimum atomic E-state index is -1.09. The zero-order valence-electron chi connectivity index (χ0n) is 7.58. The molecule has 74 valence electrons. The van der Waals surface area contributed by atoms with E-state index in [1.807, 2.05) is 0 Å². The summed E-state index contributed by atoms with van der Waals surface area (Å²) >= 11 is 0. The number of rotatable bonds is 1. The Morgan fingerprint density at radius 2 is 2.21 bits per heavy atom. The third kappa shape index (κ3) is 1.28. The lowest BCUT2D eigenvalue weighted by molar-refractivity contribution is 0.0693. The Morgan fingerprint density at radius 3 is 2.93 bits per heavy atom. The molecule has 4 heteroatoms. The zero-order valence-corrected chi connectivity index (χ0v) is 7.58. The molecule has 0 spiro atoms. The first-order chi connectivity index (χ1) is 6.70. The van der Waals surface area contributed by atoms with Crippen molar-refractivity contribution in [3.63, 3.8) is 0 Å². The highest BCUT2D eigenvalue weighted by Gasteiger charge is 2.18. The van der Waals surface area contributed by atoms with Gasteiger partial charge in [0.2, 0.25) is 0 Å². The first-order valence-electron chi connectivity index (χ1n) is 4.52. The number of benzene rings is 1. The average molecular weight is 193 g/mol. The topological polar surface area (TPSA) is 69.6 Å². The number of phenols is 1. The second kappa shape index (κ2) is 3.21. The van der Waals surface area contributed by atoms with Gasteiger partial charge in [-0.05, 0) is 25.0 Å². The Labute approximate surface area is 81.2 Å². The standard InChI is InChI=1S/C10H11NO3/c12-9-6-2-1-5-11-8(6)4-3-7(9)10(13)14/h3-4,11-12H,1-2,5H2,(H,13,14). The smallest absolute Gasteiger partial charge is 0.339 e. The SMILES string of the molecule is O=C(O)c1ccc2c(c1O)CCCN2. The van der Waals surface area contributed by atoms with Gasteiger partial charge < -0.3 is 15.5 Å². The number of nitrogens with one attached hydrogen (secondary N) is 1. The van der Waals surface area contributed by atoms with Gasteiger partial charge in [-0.1, -0.05) is 0 Å². The molecule has 0 amide bonds. The number of anilines is 1. The van der Waals surface area contributed by atoms with Crippen LogP contribution in [0.15, 0.2) is 12.1 Å². The lowest BCUT2D eigenvalue weighted by atomic mass is 9.99. The van der Waals surface area contributed by atoms with E-state index in [-0.39, 0.29) is 11.3 Å². The Balaban J connectivity index is 2.54. The fraction of sp³-hybridized carbons (Fsp3) is 0.300. The molecule has 0 aliphatic carbocycles. The van der Waals surface area contributed by atoms with E-state index in [1.165, 1.54) is 6.07 Å². The van der Waals surface area contributed by atoms with E-state index in [0.717, 1.165) is 30.6 Å². The fourth-order valence-corrected chi connectivity index (χ4v) is 1.72. The summed E-state index contributed by atoms with van der Waals surface area (Å²) < 4.78 is 0. The van der Waals surface area contributed by atoms with E-state index in [9.17, 15) is 9.90 Å². The van der Waals surface area contributed by atoms with Crippen LogP contribution in [-0.4, -0.2) is 22.7 Å². The quantitative estimate of drug-likeness (QED) is 0.631. The van der Waals surface area contributed by atoms with Gasteiger partial charge in [0.25, 0.3) is 0 Å². The summed E-state index contributed by atoms with van der Waals surface area (Å²) in [7, 11) is 0. The molecule has 0 unspecified atom stereocenters. The number of aromatic hydroxyl groups is 1. The molecule has 2 rings (SSSR count). The van der Waals surface area contributed by atoms with Crippen molar-refractivity contribution in [2.75, 3.05) is 11.9 Å². The Hall–Kier alpha value is -1.71. The fourth-order valence-electron chi connectivity index (χ4n) is 1.72. The molecule has 0 fully saturated rings. The first kappa shape index (κ1) is 8.87. The van der Waals surface area contributed by atoms with Gasteiger partial charge >= 0.3 is 5.97 Å². The molecule has 0 radical (unpaired) electrons. The number of carboxylic acid groups (broad SMARTS) is 1. The molecular formula is C10H11NO3. The van der Waals surface area contributed by atoms with Crippen LogP contribution in [-0.2, 0) is 6.42 Å². The summed E-state index contributed by atoms with van der Waals surface area (Å²) in [5.74, 6) is -1.18. The number of carboxylic acids is 1. The van der Waals surface area contributed by atoms with E-state index in [4.69, 9.17) is 5.11 Å². The van der Waals surface area contributed by atoms with Crippen molar-refractivity contribution in [3.05, 3.63) is 23.3 Å². The predicted octanol–water partition coefficient (Wildman–Crippen LogP) is 1.45. The van der Waals surface area contributed by atoms with Crippen molar-refractivity contribution in [2.45, 2.75) is 12.8 Å². The molecule has 0 saturated carbocycles. The van der Waals surface area contributed by atoms with Gasteiger partial charge in [-0.25, -0.2) is 4.79 Å². The van der Waals surface area contributed by atoms with Gasteiger partial charge in [0.05, 0.1) is 0 Å². The molecule has 0 saturated heterocycles. The monoisotopic (exact) mass is 193 g/mol. The summed E-state index contributed by atoms with van der Waals surface area (Å²) in [4.78, 5) is 10.7. The van der Waals surface area contributed by atoms with E-state index in [2.05, 4.69) is 5.32 Å². The molecule has 1 aromatic rings. The largest absolute Gasteiger partial charge is 0.507 e. The predicted molar refractivity (Wildman–Crippen MR) is 51.9 cm³/mol. The third-order valence-corrected chi connectivity index (χ3v) is 2.43. The van der Waals surface area contributed by atoms with Crippen LogP contribution in [0.25, 0.3) is 0 Å². The number of aromatic carboxylic acids is 1. The summed E-state index contributed by atoms with van der Waals surface area (Å²) in [6, 6.07) is 3.13. The molecule has 14 heavy (non-hydrogen) atoms.